The lowest BCUT2D eigenvalue weighted by atomic mass is 10.1. The third-order valence-corrected chi connectivity index (χ3v) is 2.63. The highest BCUT2D eigenvalue weighted by Crippen LogP contribution is 2.23. The first-order valence-electron chi connectivity index (χ1n) is 5.85. The molecule has 7 heteroatoms. The van der Waals surface area contributed by atoms with E-state index < -0.39 is 16.6 Å². The number of aliphatic hydroxyl groups excluding tert-OH is 1. The van der Waals surface area contributed by atoms with E-state index in [2.05, 4.69) is 5.32 Å². The van der Waals surface area contributed by atoms with Gasteiger partial charge < -0.3 is 15.5 Å². The number of nitro benzene ring substituents is 1. The predicted molar refractivity (Wildman–Crippen MR) is 69.5 cm³/mol. The molecule has 7 nitrogen and oxygen atoms in total. The molecule has 0 radical (unpaired) electrons. The summed E-state index contributed by atoms with van der Waals surface area (Å²) in [6.45, 7) is 1.98. The SMILES string of the molecule is CC(CCCO)Nc1ccc([N+](=O)[O-])c(C(=O)O)c1. The van der Waals surface area contributed by atoms with E-state index >= 15 is 0 Å². The minimum absolute atomic E-state index is 0.0373. The number of carboxylic acids is 1. The van der Waals surface area contributed by atoms with Gasteiger partial charge in [0.15, 0.2) is 0 Å². The number of nitrogens with one attached hydrogen (secondary N) is 1. The molecule has 0 bridgehead atoms. The Labute approximate surface area is 110 Å². The minimum atomic E-state index is -1.33. The summed E-state index contributed by atoms with van der Waals surface area (Å²) in [6.07, 6.45) is 1.35. The molecule has 0 aliphatic carbocycles. The molecule has 104 valence electrons. The van der Waals surface area contributed by atoms with Crippen LogP contribution in [0.15, 0.2) is 18.2 Å². The van der Waals surface area contributed by atoms with E-state index in [-0.39, 0.29) is 18.2 Å². The summed E-state index contributed by atoms with van der Waals surface area (Å²) in [7, 11) is 0. The van der Waals surface area contributed by atoms with E-state index in [0.717, 1.165) is 6.42 Å². The average molecular weight is 268 g/mol. The summed E-state index contributed by atoms with van der Waals surface area (Å²) in [5.74, 6) is -1.33. The lowest BCUT2D eigenvalue weighted by Gasteiger charge is -2.14. The second kappa shape index (κ2) is 6.69. The Morgan fingerprint density at radius 3 is 2.74 bits per heavy atom. The molecule has 0 aliphatic rings. The maximum absolute atomic E-state index is 11.0. The van der Waals surface area contributed by atoms with Crippen molar-refractivity contribution in [2.75, 3.05) is 11.9 Å². The van der Waals surface area contributed by atoms with Crippen LogP contribution in [-0.4, -0.2) is 33.8 Å². The topological polar surface area (TPSA) is 113 Å². The van der Waals surface area contributed by atoms with Crippen molar-refractivity contribution in [3.63, 3.8) is 0 Å². The van der Waals surface area contributed by atoms with Crippen LogP contribution in [0.3, 0.4) is 0 Å². The zero-order valence-corrected chi connectivity index (χ0v) is 10.5. The molecule has 0 amide bonds. The van der Waals surface area contributed by atoms with Gasteiger partial charge in [-0.25, -0.2) is 4.79 Å². The summed E-state index contributed by atoms with van der Waals surface area (Å²) in [5, 5.41) is 31.4. The van der Waals surface area contributed by atoms with Crippen LogP contribution in [0.1, 0.15) is 30.1 Å². The van der Waals surface area contributed by atoms with E-state index in [1.807, 2.05) is 6.92 Å². The molecule has 1 unspecified atom stereocenters. The molecule has 0 aliphatic heterocycles. The first-order chi connectivity index (χ1) is 8.95. The molecule has 0 fully saturated rings. The largest absolute Gasteiger partial charge is 0.477 e. The Kier molecular flexibility index (Phi) is 5.25. The van der Waals surface area contributed by atoms with Gasteiger partial charge in [0.2, 0.25) is 0 Å². The molecular formula is C12H16N2O5. The molecule has 1 atom stereocenters. The van der Waals surface area contributed by atoms with Gasteiger partial charge in [-0.05, 0) is 31.9 Å². The third-order valence-electron chi connectivity index (χ3n) is 2.63. The summed E-state index contributed by atoms with van der Waals surface area (Å²) in [6, 6.07) is 3.93. The molecule has 1 rings (SSSR count). The van der Waals surface area contributed by atoms with Crippen molar-refractivity contribution in [1.29, 1.82) is 0 Å². The minimum Gasteiger partial charge on any atom is -0.477 e. The molecular weight excluding hydrogens is 252 g/mol. The highest BCUT2D eigenvalue weighted by Gasteiger charge is 2.20. The van der Waals surface area contributed by atoms with Gasteiger partial charge in [0.25, 0.3) is 5.69 Å². The van der Waals surface area contributed by atoms with Crippen molar-refractivity contribution < 1.29 is 19.9 Å². The molecule has 3 N–H and O–H groups in total. The quantitative estimate of drug-likeness (QED) is 0.514. The number of benzene rings is 1. The number of hydrogen-bond donors (Lipinski definition) is 3. The molecule has 0 heterocycles. The lowest BCUT2D eigenvalue weighted by Crippen LogP contribution is -2.16. The number of rotatable bonds is 7. The van der Waals surface area contributed by atoms with Gasteiger partial charge in [-0.3, -0.25) is 10.1 Å². The maximum atomic E-state index is 11.0. The Balaban J connectivity index is 2.90. The molecule has 0 saturated heterocycles. The normalized spacial score (nSPS) is 11.9. The zero-order valence-electron chi connectivity index (χ0n) is 10.5. The van der Waals surface area contributed by atoms with Crippen LogP contribution in [0, 0.1) is 10.1 Å². The Morgan fingerprint density at radius 2 is 2.21 bits per heavy atom. The van der Waals surface area contributed by atoms with Crippen LogP contribution in [0.2, 0.25) is 0 Å². The van der Waals surface area contributed by atoms with Gasteiger partial charge in [-0.2, -0.15) is 0 Å². The number of carbonyl (C=O) groups is 1. The number of nitro groups is 1. The number of hydrogen-bond acceptors (Lipinski definition) is 5. The van der Waals surface area contributed by atoms with Gasteiger partial charge >= 0.3 is 5.97 Å². The second-order valence-electron chi connectivity index (χ2n) is 4.21. The molecule has 0 aromatic heterocycles. The van der Waals surface area contributed by atoms with Crippen LogP contribution >= 0.6 is 0 Å². The lowest BCUT2D eigenvalue weighted by molar-refractivity contribution is -0.385. The maximum Gasteiger partial charge on any atom is 0.342 e. The van der Waals surface area contributed by atoms with Crippen molar-refractivity contribution in [2.24, 2.45) is 0 Å². The van der Waals surface area contributed by atoms with Crippen molar-refractivity contribution in [2.45, 2.75) is 25.8 Å². The van der Waals surface area contributed by atoms with Crippen molar-refractivity contribution in [3.8, 4) is 0 Å². The van der Waals surface area contributed by atoms with Crippen LogP contribution < -0.4 is 5.32 Å². The van der Waals surface area contributed by atoms with Gasteiger partial charge in [0, 0.05) is 24.4 Å². The first kappa shape index (κ1) is 14.9. The monoisotopic (exact) mass is 268 g/mol. The van der Waals surface area contributed by atoms with Gasteiger partial charge in [-0.1, -0.05) is 0 Å². The fourth-order valence-corrected chi connectivity index (χ4v) is 1.71. The number of aliphatic hydroxyl groups is 1. The van der Waals surface area contributed by atoms with Crippen molar-refractivity contribution >= 4 is 17.3 Å². The Bertz CT molecular complexity index is 475. The van der Waals surface area contributed by atoms with Gasteiger partial charge in [0.1, 0.15) is 5.56 Å². The van der Waals surface area contributed by atoms with Gasteiger partial charge in [0.05, 0.1) is 4.92 Å². The Hall–Kier alpha value is -2.15. The van der Waals surface area contributed by atoms with Crippen molar-refractivity contribution in [3.05, 3.63) is 33.9 Å². The van der Waals surface area contributed by atoms with Gasteiger partial charge in [-0.15, -0.1) is 0 Å². The summed E-state index contributed by atoms with van der Waals surface area (Å²) in [5.41, 5.74) is -0.265. The van der Waals surface area contributed by atoms with E-state index in [9.17, 15) is 14.9 Å². The smallest absolute Gasteiger partial charge is 0.342 e. The second-order valence-corrected chi connectivity index (χ2v) is 4.21. The number of nitrogens with zero attached hydrogens (tertiary/aromatic N) is 1. The van der Waals surface area contributed by atoms with Crippen LogP contribution in [-0.2, 0) is 0 Å². The highest BCUT2D eigenvalue weighted by molar-refractivity contribution is 5.93. The molecule has 1 aromatic rings. The van der Waals surface area contributed by atoms with E-state index in [0.29, 0.717) is 12.1 Å². The molecule has 1 aromatic carbocycles. The fraction of sp³-hybridized carbons (Fsp3) is 0.417. The summed E-state index contributed by atoms with van der Waals surface area (Å²) in [4.78, 5) is 20.9. The predicted octanol–water partition coefficient (Wildman–Crippen LogP) is 1.87. The standard InChI is InChI=1S/C12H16N2O5/c1-8(3-2-6-15)13-9-4-5-11(14(18)19)10(7-9)12(16)17/h4-5,7-8,13,15H,2-3,6H2,1H3,(H,16,17). The number of anilines is 1. The highest BCUT2D eigenvalue weighted by atomic mass is 16.6. The summed E-state index contributed by atoms with van der Waals surface area (Å²) < 4.78 is 0. The zero-order chi connectivity index (χ0) is 14.4. The third kappa shape index (κ3) is 4.22. The fourth-order valence-electron chi connectivity index (χ4n) is 1.71. The van der Waals surface area contributed by atoms with E-state index in [4.69, 9.17) is 10.2 Å². The van der Waals surface area contributed by atoms with Crippen LogP contribution in [0.25, 0.3) is 0 Å². The molecule has 0 spiro atoms. The van der Waals surface area contributed by atoms with Crippen LogP contribution in [0.4, 0.5) is 11.4 Å². The summed E-state index contributed by atoms with van der Waals surface area (Å²) >= 11 is 0. The average Bonchev–Trinajstić information content (AvgIpc) is 2.35. The number of aromatic carboxylic acids is 1. The van der Waals surface area contributed by atoms with E-state index in [1.54, 1.807) is 0 Å². The number of carboxylic acid groups (broad SMARTS) is 1. The van der Waals surface area contributed by atoms with Crippen molar-refractivity contribution in [1.82, 2.24) is 0 Å². The molecule has 19 heavy (non-hydrogen) atoms. The first-order valence-corrected chi connectivity index (χ1v) is 5.85. The van der Waals surface area contributed by atoms with E-state index in [1.165, 1.54) is 18.2 Å². The Morgan fingerprint density at radius 1 is 1.53 bits per heavy atom. The van der Waals surface area contributed by atoms with Crippen LogP contribution in [0.5, 0.6) is 0 Å². The molecule has 0 saturated carbocycles.